The molecule has 0 radical (unpaired) electrons. The van der Waals surface area contributed by atoms with Crippen LogP contribution in [0.4, 0.5) is 0 Å². The molecule has 1 atom stereocenters. The second-order valence-electron chi connectivity index (χ2n) is 5.40. The molecule has 2 aromatic rings. The van der Waals surface area contributed by atoms with Crippen molar-refractivity contribution in [3.05, 3.63) is 70.3 Å². The van der Waals surface area contributed by atoms with Gasteiger partial charge in [0.2, 0.25) is 0 Å². The van der Waals surface area contributed by atoms with Crippen molar-refractivity contribution < 1.29 is 9.90 Å². The maximum Gasteiger partial charge on any atom is 0.304 e. The molecule has 0 amide bonds. The van der Waals surface area contributed by atoms with Crippen LogP contribution in [0.1, 0.15) is 40.2 Å². The third-order valence-corrected chi connectivity index (χ3v) is 3.79. The van der Waals surface area contributed by atoms with Gasteiger partial charge in [-0.25, -0.2) is 0 Å². The van der Waals surface area contributed by atoms with Crippen LogP contribution in [0.3, 0.4) is 0 Å². The minimum absolute atomic E-state index is 0.0904. The van der Waals surface area contributed by atoms with Crippen molar-refractivity contribution in [2.45, 2.75) is 33.1 Å². The molecule has 0 aromatic heterocycles. The van der Waals surface area contributed by atoms with Gasteiger partial charge in [-0.05, 0) is 43.0 Å². The number of rotatable bonds is 4. The van der Waals surface area contributed by atoms with E-state index >= 15 is 0 Å². The fourth-order valence-electron chi connectivity index (χ4n) is 2.38. The van der Waals surface area contributed by atoms with Crippen molar-refractivity contribution in [3.63, 3.8) is 0 Å². The van der Waals surface area contributed by atoms with Gasteiger partial charge in [0.1, 0.15) is 0 Å². The van der Waals surface area contributed by atoms with E-state index in [9.17, 15) is 9.90 Å². The van der Waals surface area contributed by atoms with Crippen molar-refractivity contribution in [1.29, 1.82) is 0 Å². The summed E-state index contributed by atoms with van der Waals surface area (Å²) in [6.45, 7) is 6.16. The van der Waals surface area contributed by atoms with Gasteiger partial charge < -0.3 is 5.11 Å². The Labute approximate surface area is 120 Å². The van der Waals surface area contributed by atoms with E-state index in [4.69, 9.17) is 0 Å². The maximum absolute atomic E-state index is 11.2. The Bertz CT molecular complexity index is 612. The van der Waals surface area contributed by atoms with Crippen LogP contribution < -0.4 is 0 Å². The normalized spacial score (nSPS) is 12.2. The molecule has 0 aliphatic carbocycles. The van der Waals surface area contributed by atoms with Gasteiger partial charge in [-0.1, -0.05) is 48.0 Å². The number of aryl methyl sites for hydroxylation is 3. The highest BCUT2D eigenvalue weighted by molar-refractivity contribution is 5.69. The smallest absolute Gasteiger partial charge is 0.304 e. The van der Waals surface area contributed by atoms with Gasteiger partial charge in [0, 0.05) is 5.92 Å². The highest BCUT2D eigenvalue weighted by atomic mass is 16.4. The molecule has 1 unspecified atom stereocenters. The molecule has 1 N–H and O–H groups in total. The molecule has 2 rings (SSSR count). The standard InChI is InChI=1S/C18H20O2/c1-12-4-7-15(8-5-12)17(11-18(19)20)16-9-6-13(2)14(3)10-16/h4-10,17H,11H2,1-3H3,(H,19,20). The number of carboxylic acid groups (broad SMARTS) is 1. The molecule has 0 saturated carbocycles. The van der Waals surface area contributed by atoms with Crippen LogP contribution in [0.15, 0.2) is 42.5 Å². The van der Waals surface area contributed by atoms with E-state index in [1.807, 2.05) is 37.3 Å². The number of aliphatic carboxylic acids is 1. The molecule has 0 spiro atoms. The molecule has 0 bridgehead atoms. The predicted molar refractivity (Wildman–Crippen MR) is 81.2 cm³/mol. The zero-order valence-corrected chi connectivity index (χ0v) is 12.2. The fourth-order valence-corrected chi connectivity index (χ4v) is 2.38. The average molecular weight is 268 g/mol. The van der Waals surface area contributed by atoms with E-state index in [1.165, 1.54) is 16.7 Å². The van der Waals surface area contributed by atoms with E-state index < -0.39 is 5.97 Å². The Morgan fingerprint density at radius 2 is 1.55 bits per heavy atom. The van der Waals surface area contributed by atoms with Gasteiger partial charge >= 0.3 is 5.97 Å². The third-order valence-electron chi connectivity index (χ3n) is 3.79. The molecule has 0 saturated heterocycles. The average Bonchev–Trinajstić information content (AvgIpc) is 2.40. The number of carbonyl (C=O) groups is 1. The zero-order chi connectivity index (χ0) is 14.7. The topological polar surface area (TPSA) is 37.3 Å². The molecular formula is C18H20O2. The van der Waals surface area contributed by atoms with Crippen molar-refractivity contribution in [2.75, 3.05) is 0 Å². The molecular weight excluding hydrogens is 248 g/mol. The predicted octanol–water partition coefficient (Wildman–Crippen LogP) is 4.22. The van der Waals surface area contributed by atoms with E-state index in [2.05, 4.69) is 26.0 Å². The third kappa shape index (κ3) is 3.27. The highest BCUT2D eigenvalue weighted by Gasteiger charge is 2.18. The Balaban J connectivity index is 2.43. The largest absolute Gasteiger partial charge is 0.481 e. The van der Waals surface area contributed by atoms with Crippen molar-refractivity contribution in [3.8, 4) is 0 Å². The van der Waals surface area contributed by atoms with Gasteiger partial charge in [0.05, 0.1) is 6.42 Å². The summed E-state index contributed by atoms with van der Waals surface area (Å²) in [6.07, 6.45) is 0.117. The van der Waals surface area contributed by atoms with Crippen LogP contribution in [0, 0.1) is 20.8 Å². The van der Waals surface area contributed by atoms with Gasteiger partial charge in [-0.2, -0.15) is 0 Å². The molecule has 2 aromatic carbocycles. The summed E-state index contributed by atoms with van der Waals surface area (Å²) < 4.78 is 0. The van der Waals surface area contributed by atoms with Gasteiger partial charge in [-0.15, -0.1) is 0 Å². The molecule has 2 nitrogen and oxygen atoms in total. The Kier molecular flexibility index (Phi) is 4.23. The van der Waals surface area contributed by atoms with Crippen molar-refractivity contribution in [1.82, 2.24) is 0 Å². The summed E-state index contributed by atoms with van der Waals surface area (Å²) in [5, 5.41) is 9.19. The number of hydrogen-bond donors (Lipinski definition) is 1. The summed E-state index contributed by atoms with van der Waals surface area (Å²) in [6, 6.07) is 14.3. The van der Waals surface area contributed by atoms with Crippen LogP contribution in [0.25, 0.3) is 0 Å². The lowest BCUT2D eigenvalue weighted by Gasteiger charge is -2.17. The van der Waals surface area contributed by atoms with E-state index in [1.54, 1.807) is 0 Å². The highest BCUT2D eigenvalue weighted by Crippen LogP contribution is 2.29. The van der Waals surface area contributed by atoms with Crippen molar-refractivity contribution in [2.24, 2.45) is 0 Å². The van der Waals surface area contributed by atoms with Gasteiger partial charge in [0.25, 0.3) is 0 Å². The number of benzene rings is 2. The van der Waals surface area contributed by atoms with E-state index in [0.29, 0.717) is 0 Å². The molecule has 2 heteroatoms. The van der Waals surface area contributed by atoms with Crippen LogP contribution in [-0.2, 0) is 4.79 Å². The molecule has 0 aliphatic rings. The second-order valence-corrected chi connectivity index (χ2v) is 5.40. The molecule has 0 fully saturated rings. The second kappa shape index (κ2) is 5.91. The lowest BCUT2D eigenvalue weighted by atomic mass is 9.87. The number of carboxylic acids is 1. The van der Waals surface area contributed by atoms with Crippen LogP contribution in [-0.4, -0.2) is 11.1 Å². The lowest BCUT2D eigenvalue weighted by molar-refractivity contribution is -0.137. The summed E-state index contributed by atoms with van der Waals surface area (Å²) in [4.78, 5) is 11.2. The van der Waals surface area contributed by atoms with Crippen LogP contribution in [0.5, 0.6) is 0 Å². The Morgan fingerprint density at radius 3 is 2.10 bits per heavy atom. The first-order valence-electron chi connectivity index (χ1n) is 6.83. The first-order valence-corrected chi connectivity index (χ1v) is 6.83. The molecule has 104 valence electrons. The quantitative estimate of drug-likeness (QED) is 0.901. The Morgan fingerprint density at radius 1 is 0.950 bits per heavy atom. The SMILES string of the molecule is Cc1ccc(C(CC(=O)O)c2ccc(C)c(C)c2)cc1. The molecule has 20 heavy (non-hydrogen) atoms. The first kappa shape index (κ1) is 14.3. The summed E-state index contributed by atoms with van der Waals surface area (Å²) in [5.41, 5.74) is 5.74. The maximum atomic E-state index is 11.2. The summed E-state index contributed by atoms with van der Waals surface area (Å²) >= 11 is 0. The van der Waals surface area contributed by atoms with Gasteiger partial charge in [-0.3, -0.25) is 4.79 Å². The van der Waals surface area contributed by atoms with Gasteiger partial charge in [0.15, 0.2) is 0 Å². The van der Waals surface area contributed by atoms with E-state index in [0.717, 1.165) is 11.1 Å². The van der Waals surface area contributed by atoms with Crippen molar-refractivity contribution >= 4 is 5.97 Å². The fraction of sp³-hybridized carbons (Fsp3) is 0.278. The summed E-state index contributed by atoms with van der Waals surface area (Å²) in [5.74, 6) is -0.860. The Hall–Kier alpha value is -2.09. The minimum atomic E-state index is -0.770. The minimum Gasteiger partial charge on any atom is -0.481 e. The zero-order valence-electron chi connectivity index (χ0n) is 12.2. The van der Waals surface area contributed by atoms with Crippen LogP contribution >= 0.6 is 0 Å². The first-order chi connectivity index (χ1) is 9.47. The lowest BCUT2D eigenvalue weighted by Crippen LogP contribution is -2.08. The molecule has 0 aliphatic heterocycles. The monoisotopic (exact) mass is 268 g/mol. The molecule has 0 heterocycles. The van der Waals surface area contributed by atoms with E-state index in [-0.39, 0.29) is 12.3 Å². The number of hydrogen-bond acceptors (Lipinski definition) is 1. The summed E-state index contributed by atoms with van der Waals surface area (Å²) in [7, 11) is 0. The van der Waals surface area contributed by atoms with Crippen LogP contribution in [0.2, 0.25) is 0 Å².